The van der Waals surface area contributed by atoms with Gasteiger partial charge in [0.25, 0.3) is 0 Å². The van der Waals surface area contributed by atoms with Gasteiger partial charge in [0, 0.05) is 20.8 Å². The number of nitrogens with zero attached hydrogens (tertiary/aromatic N) is 1. The molecular formula is C17H18BrNOS2. The van der Waals surface area contributed by atoms with Crippen molar-refractivity contribution >= 4 is 44.9 Å². The van der Waals surface area contributed by atoms with Crippen LogP contribution in [-0.4, -0.2) is 23.1 Å². The number of hydrogen-bond donors (Lipinski definition) is 0. The summed E-state index contributed by atoms with van der Waals surface area (Å²) in [7, 11) is 0. The number of thiophene rings is 1. The first-order valence-corrected chi connectivity index (χ1v) is 10.0. The second-order valence-electron chi connectivity index (χ2n) is 5.46. The van der Waals surface area contributed by atoms with Gasteiger partial charge in [0.05, 0.1) is 11.8 Å². The molecule has 1 atom stereocenters. The number of thioether (sulfide) groups is 1. The van der Waals surface area contributed by atoms with Crippen LogP contribution in [-0.2, 0) is 4.79 Å². The minimum atomic E-state index is 0.253. The first-order chi connectivity index (χ1) is 10.6. The Morgan fingerprint density at radius 2 is 2.32 bits per heavy atom. The SMILES string of the molecule is Cc1cc(Br)ccc1SCC(=O)N1CCCC1c1cccs1. The lowest BCUT2D eigenvalue weighted by atomic mass is 10.2. The van der Waals surface area contributed by atoms with Gasteiger partial charge in [-0.25, -0.2) is 0 Å². The van der Waals surface area contributed by atoms with Crippen LogP contribution >= 0.6 is 39.0 Å². The Kier molecular flexibility index (Phi) is 5.26. The van der Waals surface area contributed by atoms with Crippen LogP contribution in [0, 0.1) is 6.92 Å². The van der Waals surface area contributed by atoms with E-state index in [-0.39, 0.29) is 5.91 Å². The summed E-state index contributed by atoms with van der Waals surface area (Å²) >= 11 is 6.87. The summed E-state index contributed by atoms with van der Waals surface area (Å²) in [5.74, 6) is 0.771. The van der Waals surface area contributed by atoms with Gasteiger partial charge >= 0.3 is 0 Å². The molecule has 0 N–H and O–H groups in total. The topological polar surface area (TPSA) is 20.3 Å². The third kappa shape index (κ3) is 3.58. The molecule has 5 heteroatoms. The zero-order chi connectivity index (χ0) is 15.5. The molecule has 0 spiro atoms. The third-order valence-corrected chi connectivity index (χ3v) is 6.56. The number of hydrogen-bond acceptors (Lipinski definition) is 3. The van der Waals surface area contributed by atoms with Crippen LogP contribution in [0.1, 0.15) is 29.3 Å². The van der Waals surface area contributed by atoms with Gasteiger partial charge in [-0.3, -0.25) is 4.79 Å². The maximum atomic E-state index is 12.6. The minimum absolute atomic E-state index is 0.253. The summed E-state index contributed by atoms with van der Waals surface area (Å²) in [4.78, 5) is 17.2. The predicted molar refractivity (Wildman–Crippen MR) is 97.6 cm³/mol. The summed E-state index contributed by atoms with van der Waals surface area (Å²) in [6.45, 7) is 2.98. The Morgan fingerprint density at radius 3 is 3.05 bits per heavy atom. The van der Waals surface area contributed by atoms with Gasteiger partial charge in [-0.2, -0.15) is 0 Å². The van der Waals surface area contributed by atoms with Crippen molar-refractivity contribution in [2.75, 3.05) is 12.3 Å². The second-order valence-corrected chi connectivity index (χ2v) is 8.37. The molecule has 22 heavy (non-hydrogen) atoms. The monoisotopic (exact) mass is 395 g/mol. The van der Waals surface area contributed by atoms with E-state index in [4.69, 9.17) is 0 Å². The molecule has 1 saturated heterocycles. The summed E-state index contributed by atoms with van der Waals surface area (Å²) in [5.41, 5.74) is 1.21. The molecule has 1 aliphatic heterocycles. The van der Waals surface area contributed by atoms with E-state index in [0.29, 0.717) is 11.8 Å². The molecule has 1 aromatic heterocycles. The maximum absolute atomic E-state index is 12.6. The molecule has 0 saturated carbocycles. The normalized spacial score (nSPS) is 17.9. The molecule has 2 nitrogen and oxygen atoms in total. The van der Waals surface area contributed by atoms with Crippen LogP contribution in [0.2, 0.25) is 0 Å². The van der Waals surface area contributed by atoms with Crippen LogP contribution in [0.15, 0.2) is 45.1 Å². The van der Waals surface area contributed by atoms with Gasteiger partial charge in [0.2, 0.25) is 5.91 Å². The number of halogens is 1. The fourth-order valence-corrected chi connectivity index (χ4v) is 5.08. The fraction of sp³-hybridized carbons (Fsp3) is 0.353. The second kappa shape index (κ2) is 7.20. The number of likely N-dealkylation sites (tertiary alicyclic amines) is 1. The Hall–Kier alpha value is -0.780. The number of carbonyl (C=O) groups excluding carboxylic acids is 1. The van der Waals surface area contributed by atoms with Gasteiger partial charge in [0.15, 0.2) is 0 Å². The van der Waals surface area contributed by atoms with Gasteiger partial charge in [-0.15, -0.1) is 23.1 Å². The van der Waals surface area contributed by atoms with Crippen LogP contribution in [0.4, 0.5) is 0 Å². The summed E-state index contributed by atoms with van der Waals surface area (Å²) in [6, 6.07) is 10.7. The van der Waals surface area contributed by atoms with Crippen LogP contribution in [0.3, 0.4) is 0 Å². The van der Waals surface area contributed by atoms with Crippen LogP contribution in [0.5, 0.6) is 0 Å². The van der Waals surface area contributed by atoms with E-state index in [1.165, 1.54) is 15.3 Å². The van der Waals surface area contributed by atoms with Crippen molar-refractivity contribution in [1.82, 2.24) is 4.90 Å². The van der Waals surface area contributed by atoms with Crippen LogP contribution in [0.25, 0.3) is 0 Å². The van der Waals surface area contributed by atoms with Crippen LogP contribution < -0.4 is 0 Å². The van der Waals surface area contributed by atoms with Gasteiger partial charge in [0.1, 0.15) is 0 Å². The number of rotatable bonds is 4. The van der Waals surface area contributed by atoms with E-state index < -0.39 is 0 Å². The first kappa shape index (κ1) is 16.1. The molecule has 116 valence electrons. The predicted octanol–water partition coefficient (Wildman–Crippen LogP) is 5.27. The lowest BCUT2D eigenvalue weighted by molar-refractivity contribution is -0.129. The third-order valence-electron chi connectivity index (χ3n) is 3.93. The molecule has 1 fully saturated rings. The molecule has 2 heterocycles. The average molecular weight is 396 g/mol. The van der Waals surface area contributed by atoms with Crippen molar-refractivity contribution in [3.8, 4) is 0 Å². The van der Waals surface area contributed by atoms with Crippen molar-refractivity contribution in [1.29, 1.82) is 0 Å². The highest BCUT2D eigenvalue weighted by Crippen LogP contribution is 2.35. The quantitative estimate of drug-likeness (QED) is 0.656. The van der Waals surface area contributed by atoms with E-state index in [2.05, 4.69) is 57.4 Å². The van der Waals surface area contributed by atoms with Gasteiger partial charge in [-0.05, 0) is 55.0 Å². The first-order valence-electron chi connectivity index (χ1n) is 7.37. The van der Waals surface area contributed by atoms with E-state index in [1.54, 1.807) is 23.1 Å². The van der Waals surface area contributed by atoms with Crippen molar-refractivity contribution < 1.29 is 4.79 Å². The highest BCUT2D eigenvalue weighted by Gasteiger charge is 2.30. The molecule has 0 aliphatic carbocycles. The Labute approximate surface area is 148 Å². The van der Waals surface area contributed by atoms with Crippen molar-refractivity contribution in [3.63, 3.8) is 0 Å². The van der Waals surface area contributed by atoms with Crippen molar-refractivity contribution in [2.45, 2.75) is 30.7 Å². The zero-order valence-electron chi connectivity index (χ0n) is 12.4. The summed E-state index contributed by atoms with van der Waals surface area (Å²) in [6.07, 6.45) is 2.20. The molecule has 2 aromatic rings. The molecule has 3 rings (SSSR count). The number of aryl methyl sites for hydroxylation is 1. The van der Waals surface area contributed by atoms with E-state index >= 15 is 0 Å². The lowest BCUT2D eigenvalue weighted by Crippen LogP contribution is -2.31. The number of amides is 1. The largest absolute Gasteiger partial charge is 0.334 e. The molecule has 1 unspecified atom stereocenters. The Balaban J connectivity index is 1.64. The minimum Gasteiger partial charge on any atom is -0.334 e. The number of benzene rings is 1. The van der Waals surface area contributed by atoms with E-state index in [1.807, 2.05) is 6.07 Å². The molecule has 0 bridgehead atoms. The fourth-order valence-electron chi connectivity index (χ4n) is 2.84. The maximum Gasteiger partial charge on any atom is 0.233 e. The molecule has 0 radical (unpaired) electrons. The van der Waals surface area contributed by atoms with Gasteiger partial charge in [-0.1, -0.05) is 22.0 Å². The van der Waals surface area contributed by atoms with E-state index in [0.717, 1.165) is 23.9 Å². The molecule has 1 aliphatic rings. The lowest BCUT2D eigenvalue weighted by Gasteiger charge is -2.24. The zero-order valence-corrected chi connectivity index (χ0v) is 15.6. The molecule has 1 amide bonds. The summed E-state index contributed by atoms with van der Waals surface area (Å²) < 4.78 is 1.08. The van der Waals surface area contributed by atoms with E-state index in [9.17, 15) is 4.79 Å². The highest BCUT2D eigenvalue weighted by atomic mass is 79.9. The van der Waals surface area contributed by atoms with Gasteiger partial charge < -0.3 is 4.90 Å². The average Bonchev–Trinajstić information content (AvgIpc) is 3.16. The van der Waals surface area contributed by atoms with Crippen molar-refractivity contribution in [3.05, 3.63) is 50.6 Å². The number of carbonyl (C=O) groups is 1. The Bertz CT molecular complexity index is 657. The molecular weight excluding hydrogens is 378 g/mol. The highest BCUT2D eigenvalue weighted by molar-refractivity contribution is 9.10. The standard InChI is InChI=1S/C17H18BrNOS2/c1-12-10-13(18)6-7-15(12)22-11-17(20)19-8-2-4-14(19)16-5-3-9-21-16/h3,5-7,9-10,14H,2,4,8,11H2,1H3. The Morgan fingerprint density at radius 1 is 1.45 bits per heavy atom. The smallest absolute Gasteiger partial charge is 0.233 e. The summed E-state index contributed by atoms with van der Waals surface area (Å²) in [5, 5.41) is 2.09. The molecule has 1 aromatic carbocycles. The van der Waals surface area contributed by atoms with Crippen molar-refractivity contribution in [2.24, 2.45) is 0 Å².